The molecule has 1 fully saturated rings. The fraction of sp³-hybridized carbons (Fsp3) is 0.357. The molecule has 1 aliphatic rings. The van der Waals surface area contributed by atoms with Crippen molar-refractivity contribution in [2.45, 2.75) is 39.3 Å². The lowest BCUT2D eigenvalue weighted by molar-refractivity contribution is 0.0946. The molecule has 1 saturated carbocycles. The molecule has 0 aliphatic heterocycles. The first-order valence-corrected chi connectivity index (χ1v) is 12.4. The summed E-state index contributed by atoms with van der Waals surface area (Å²) in [6.45, 7) is 5.43. The first-order chi connectivity index (χ1) is 17.2. The number of nitrogens with zero attached hydrogens (tertiary/aromatic N) is 2. The fourth-order valence-electron chi connectivity index (χ4n) is 4.28. The van der Waals surface area contributed by atoms with Crippen LogP contribution in [0.3, 0.4) is 0 Å². The summed E-state index contributed by atoms with van der Waals surface area (Å²) < 4.78 is 11.3. The summed E-state index contributed by atoms with van der Waals surface area (Å²) in [5.41, 5.74) is 3.96. The molecule has 1 amide bonds. The van der Waals surface area contributed by atoms with E-state index in [0.29, 0.717) is 30.7 Å². The van der Waals surface area contributed by atoms with Crippen LogP contribution < -0.4 is 10.1 Å². The van der Waals surface area contributed by atoms with Gasteiger partial charge in [0.2, 0.25) is 5.89 Å². The van der Waals surface area contributed by atoms with Crippen LogP contribution in [0.15, 0.2) is 65.4 Å². The van der Waals surface area contributed by atoms with Crippen LogP contribution in [0.1, 0.15) is 47.3 Å². The van der Waals surface area contributed by atoms with Crippen LogP contribution in [-0.2, 0) is 19.5 Å². The fourth-order valence-corrected chi connectivity index (χ4v) is 4.28. The van der Waals surface area contributed by atoms with E-state index in [1.165, 1.54) is 35.6 Å². The Morgan fingerprint density at radius 1 is 1.17 bits per heavy atom. The summed E-state index contributed by atoms with van der Waals surface area (Å²) in [5, 5.41) is 4.20. The van der Waals surface area contributed by atoms with Crippen LogP contribution in [0.25, 0.3) is 10.9 Å². The van der Waals surface area contributed by atoms with E-state index in [1.807, 2.05) is 25.1 Å². The molecule has 2 heterocycles. The van der Waals surface area contributed by atoms with Gasteiger partial charge in [-0.05, 0) is 61.4 Å². The number of para-hydroxylation sites is 1. The Hall–Kier alpha value is -3.58. The van der Waals surface area contributed by atoms with Crippen molar-refractivity contribution >= 4 is 16.8 Å². The minimum atomic E-state index is -0.163. The standard InChI is InChI=1S/C28H32N4O3/c1-2-34-23-11-9-21(10-12-23)17-32(14-13-22-16-29-25-6-4-3-5-24(22)25)18-27-31-26(19-35-27)28(33)30-15-20-7-8-20/h3-6,9-12,16,19-20,29H,2,7-8,13-15,17-18H2,1H3,(H,30,33). The van der Waals surface area contributed by atoms with Gasteiger partial charge in [-0.2, -0.15) is 0 Å². The van der Waals surface area contributed by atoms with E-state index in [2.05, 4.69) is 56.7 Å². The number of benzene rings is 2. The average Bonchev–Trinajstić information content (AvgIpc) is 3.44. The van der Waals surface area contributed by atoms with Gasteiger partial charge < -0.3 is 19.5 Å². The van der Waals surface area contributed by atoms with Crippen molar-refractivity contribution in [3.05, 3.63) is 83.7 Å². The van der Waals surface area contributed by atoms with Crippen LogP contribution in [-0.4, -0.2) is 40.5 Å². The SMILES string of the molecule is CCOc1ccc(CN(CCc2c[nH]c3ccccc23)Cc2nc(C(=O)NCC3CC3)co2)cc1. The zero-order chi connectivity index (χ0) is 24.0. The van der Waals surface area contributed by atoms with Crippen molar-refractivity contribution in [2.75, 3.05) is 19.7 Å². The maximum atomic E-state index is 12.4. The van der Waals surface area contributed by atoms with E-state index >= 15 is 0 Å². The summed E-state index contributed by atoms with van der Waals surface area (Å²) >= 11 is 0. The third-order valence-corrected chi connectivity index (χ3v) is 6.40. The Morgan fingerprint density at radius 3 is 2.80 bits per heavy atom. The molecule has 0 bridgehead atoms. The van der Waals surface area contributed by atoms with Crippen LogP contribution in [0.4, 0.5) is 0 Å². The van der Waals surface area contributed by atoms with E-state index in [-0.39, 0.29) is 5.91 Å². The number of hydrogen-bond acceptors (Lipinski definition) is 5. The van der Waals surface area contributed by atoms with Crippen LogP contribution in [0.2, 0.25) is 0 Å². The molecule has 0 radical (unpaired) electrons. The molecule has 5 rings (SSSR count). The number of nitrogens with one attached hydrogen (secondary N) is 2. The molecule has 2 aromatic heterocycles. The number of amides is 1. The van der Waals surface area contributed by atoms with Crippen molar-refractivity contribution in [2.24, 2.45) is 5.92 Å². The largest absolute Gasteiger partial charge is 0.494 e. The maximum absolute atomic E-state index is 12.4. The van der Waals surface area contributed by atoms with Gasteiger partial charge in [0.05, 0.1) is 13.2 Å². The normalized spacial score (nSPS) is 13.4. The minimum Gasteiger partial charge on any atom is -0.494 e. The lowest BCUT2D eigenvalue weighted by Gasteiger charge is -2.21. The minimum absolute atomic E-state index is 0.163. The summed E-state index contributed by atoms with van der Waals surface area (Å²) in [6.07, 6.45) is 6.83. The highest BCUT2D eigenvalue weighted by Gasteiger charge is 2.23. The Balaban J connectivity index is 1.27. The van der Waals surface area contributed by atoms with Crippen molar-refractivity contribution in [3.63, 3.8) is 0 Å². The molecule has 7 nitrogen and oxygen atoms in total. The number of rotatable bonds is 12. The summed E-state index contributed by atoms with van der Waals surface area (Å²) in [4.78, 5) is 22.5. The molecule has 4 aromatic rings. The molecule has 35 heavy (non-hydrogen) atoms. The number of carbonyl (C=O) groups is 1. The van der Waals surface area contributed by atoms with E-state index in [0.717, 1.165) is 37.3 Å². The number of aromatic nitrogens is 2. The van der Waals surface area contributed by atoms with Gasteiger partial charge in [-0.15, -0.1) is 0 Å². The molecule has 0 atom stereocenters. The van der Waals surface area contributed by atoms with E-state index in [1.54, 1.807) is 0 Å². The lowest BCUT2D eigenvalue weighted by atomic mass is 10.1. The van der Waals surface area contributed by atoms with Crippen LogP contribution >= 0.6 is 0 Å². The summed E-state index contributed by atoms with van der Waals surface area (Å²) in [6, 6.07) is 16.6. The number of H-pyrrole nitrogens is 1. The summed E-state index contributed by atoms with van der Waals surface area (Å²) in [7, 11) is 0. The van der Waals surface area contributed by atoms with Gasteiger partial charge in [0.25, 0.3) is 5.91 Å². The Kier molecular flexibility index (Phi) is 7.14. The first-order valence-electron chi connectivity index (χ1n) is 12.4. The van der Waals surface area contributed by atoms with Gasteiger partial charge in [0, 0.05) is 36.7 Å². The second kappa shape index (κ2) is 10.8. The van der Waals surface area contributed by atoms with Gasteiger partial charge in [0.1, 0.15) is 12.0 Å². The Bertz CT molecular complexity index is 1260. The van der Waals surface area contributed by atoms with E-state index < -0.39 is 0 Å². The molecule has 182 valence electrons. The average molecular weight is 473 g/mol. The number of fused-ring (bicyclic) bond motifs is 1. The van der Waals surface area contributed by atoms with Crippen molar-refractivity contribution in [3.8, 4) is 5.75 Å². The van der Waals surface area contributed by atoms with Crippen LogP contribution in [0, 0.1) is 5.92 Å². The molecular weight excluding hydrogens is 440 g/mol. The molecule has 0 saturated heterocycles. The highest BCUT2D eigenvalue weighted by atomic mass is 16.5. The molecule has 2 aromatic carbocycles. The lowest BCUT2D eigenvalue weighted by Crippen LogP contribution is -2.27. The van der Waals surface area contributed by atoms with Gasteiger partial charge in [-0.1, -0.05) is 30.3 Å². The number of oxazole rings is 1. The summed E-state index contributed by atoms with van der Waals surface area (Å²) in [5.74, 6) is 1.88. The number of hydrogen-bond donors (Lipinski definition) is 2. The van der Waals surface area contributed by atoms with Gasteiger partial charge in [0.15, 0.2) is 5.69 Å². The third kappa shape index (κ3) is 6.11. The number of carbonyl (C=O) groups excluding carboxylic acids is 1. The number of ether oxygens (including phenoxy) is 1. The first kappa shape index (κ1) is 23.2. The van der Waals surface area contributed by atoms with E-state index in [9.17, 15) is 4.79 Å². The number of aromatic amines is 1. The highest BCUT2D eigenvalue weighted by molar-refractivity contribution is 5.91. The maximum Gasteiger partial charge on any atom is 0.273 e. The molecule has 0 spiro atoms. The third-order valence-electron chi connectivity index (χ3n) is 6.40. The second-order valence-corrected chi connectivity index (χ2v) is 9.18. The topological polar surface area (TPSA) is 83.4 Å². The monoisotopic (exact) mass is 472 g/mol. The Labute approximate surface area is 205 Å². The second-order valence-electron chi connectivity index (χ2n) is 9.18. The van der Waals surface area contributed by atoms with Crippen molar-refractivity contribution in [1.29, 1.82) is 0 Å². The van der Waals surface area contributed by atoms with Gasteiger partial charge in [-0.25, -0.2) is 4.98 Å². The smallest absolute Gasteiger partial charge is 0.273 e. The predicted molar refractivity (Wildman–Crippen MR) is 135 cm³/mol. The molecular formula is C28H32N4O3. The van der Waals surface area contributed by atoms with Crippen molar-refractivity contribution < 1.29 is 13.9 Å². The highest BCUT2D eigenvalue weighted by Crippen LogP contribution is 2.27. The molecule has 1 aliphatic carbocycles. The van der Waals surface area contributed by atoms with Crippen LogP contribution in [0.5, 0.6) is 5.75 Å². The van der Waals surface area contributed by atoms with Gasteiger partial charge in [-0.3, -0.25) is 9.69 Å². The molecule has 2 N–H and O–H groups in total. The van der Waals surface area contributed by atoms with Crippen molar-refractivity contribution in [1.82, 2.24) is 20.2 Å². The van der Waals surface area contributed by atoms with E-state index in [4.69, 9.17) is 9.15 Å². The van der Waals surface area contributed by atoms with Gasteiger partial charge >= 0.3 is 0 Å². The quantitative estimate of drug-likeness (QED) is 0.305. The zero-order valence-electron chi connectivity index (χ0n) is 20.1. The molecule has 0 unspecified atom stereocenters. The Morgan fingerprint density at radius 2 is 2.00 bits per heavy atom. The zero-order valence-corrected chi connectivity index (χ0v) is 20.1. The predicted octanol–water partition coefficient (Wildman–Crippen LogP) is 4.94. The molecule has 7 heteroatoms.